The minimum absolute atomic E-state index is 0.00952. The van der Waals surface area contributed by atoms with E-state index in [1.54, 1.807) is 18.2 Å². The van der Waals surface area contributed by atoms with Crippen LogP contribution >= 0.6 is 34.8 Å². The van der Waals surface area contributed by atoms with Crippen LogP contribution in [0.3, 0.4) is 0 Å². The lowest BCUT2D eigenvalue weighted by Gasteiger charge is -2.24. The Morgan fingerprint density at radius 1 is 1.32 bits per heavy atom. The lowest BCUT2D eigenvalue weighted by Crippen LogP contribution is -2.34. The molecule has 1 aromatic carbocycles. The first kappa shape index (κ1) is 16.6. The van der Waals surface area contributed by atoms with Gasteiger partial charge in [0.25, 0.3) is 5.91 Å². The zero-order valence-electron chi connectivity index (χ0n) is 11.1. The van der Waals surface area contributed by atoms with Crippen LogP contribution in [0, 0.1) is 5.41 Å². The second kappa shape index (κ2) is 7.37. The molecule has 0 spiro atoms. The first-order chi connectivity index (χ1) is 8.85. The maximum atomic E-state index is 12.1. The van der Waals surface area contributed by atoms with Crippen LogP contribution < -0.4 is 5.32 Å². The number of carbonyl (C=O) groups is 1. The number of carbonyl (C=O) groups excluding carboxylic acids is 1. The Morgan fingerprint density at radius 2 is 2.00 bits per heavy atom. The van der Waals surface area contributed by atoms with Crippen molar-refractivity contribution in [3.8, 4) is 0 Å². The van der Waals surface area contributed by atoms with Gasteiger partial charge in [-0.15, -0.1) is 11.6 Å². The van der Waals surface area contributed by atoms with Gasteiger partial charge in [0, 0.05) is 17.4 Å². The van der Waals surface area contributed by atoms with Gasteiger partial charge in [0.15, 0.2) is 0 Å². The molecule has 1 aromatic rings. The fraction of sp³-hybridized carbons (Fsp3) is 0.500. The highest BCUT2D eigenvalue weighted by molar-refractivity contribution is 6.35. The van der Waals surface area contributed by atoms with Crippen LogP contribution in [0.15, 0.2) is 18.2 Å². The molecule has 0 saturated heterocycles. The molecular weight excluding hydrogens is 305 g/mol. The lowest BCUT2D eigenvalue weighted by molar-refractivity contribution is 0.0934. The standard InChI is InChI=1S/C14H18Cl3NO/c1-14(2,6-3-7-15)9-18-13(19)11-8-10(16)4-5-12(11)17/h4-5,8H,3,6-7,9H2,1-2H3,(H,18,19). The third-order valence-corrected chi connectivity index (χ3v) is 3.72. The molecular formula is C14H18Cl3NO. The summed E-state index contributed by atoms with van der Waals surface area (Å²) >= 11 is 17.5. The molecule has 2 nitrogen and oxygen atoms in total. The van der Waals surface area contributed by atoms with Gasteiger partial charge >= 0.3 is 0 Å². The molecule has 0 bridgehead atoms. The fourth-order valence-electron chi connectivity index (χ4n) is 1.72. The summed E-state index contributed by atoms with van der Waals surface area (Å²) in [6, 6.07) is 4.85. The van der Waals surface area contributed by atoms with Gasteiger partial charge in [0.05, 0.1) is 10.6 Å². The van der Waals surface area contributed by atoms with Gasteiger partial charge in [-0.2, -0.15) is 0 Å². The van der Waals surface area contributed by atoms with E-state index in [2.05, 4.69) is 19.2 Å². The van der Waals surface area contributed by atoms with Crippen LogP contribution in [0.2, 0.25) is 10.0 Å². The first-order valence-corrected chi connectivity index (χ1v) is 7.44. The number of halogens is 3. The zero-order chi connectivity index (χ0) is 14.5. The van der Waals surface area contributed by atoms with Gasteiger partial charge in [-0.1, -0.05) is 37.0 Å². The topological polar surface area (TPSA) is 29.1 Å². The Bertz CT molecular complexity index is 446. The second-order valence-electron chi connectivity index (χ2n) is 5.26. The van der Waals surface area contributed by atoms with E-state index in [-0.39, 0.29) is 11.3 Å². The molecule has 0 radical (unpaired) electrons. The predicted octanol–water partition coefficient (Wildman–Crippen LogP) is 4.77. The van der Waals surface area contributed by atoms with Crippen molar-refractivity contribution in [2.75, 3.05) is 12.4 Å². The molecule has 0 saturated carbocycles. The molecule has 0 unspecified atom stereocenters. The first-order valence-electron chi connectivity index (χ1n) is 6.15. The highest BCUT2D eigenvalue weighted by Crippen LogP contribution is 2.23. The molecule has 0 heterocycles. The van der Waals surface area contributed by atoms with Crippen LogP contribution in [0.25, 0.3) is 0 Å². The van der Waals surface area contributed by atoms with Gasteiger partial charge in [-0.3, -0.25) is 4.79 Å². The number of nitrogens with one attached hydrogen (secondary N) is 1. The van der Waals surface area contributed by atoms with Gasteiger partial charge < -0.3 is 5.32 Å². The normalized spacial score (nSPS) is 11.4. The van der Waals surface area contributed by atoms with Crippen molar-refractivity contribution in [2.45, 2.75) is 26.7 Å². The SMILES string of the molecule is CC(C)(CCCCl)CNC(=O)c1cc(Cl)ccc1Cl. The molecule has 1 N–H and O–H groups in total. The van der Waals surface area contributed by atoms with E-state index in [0.29, 0.717) is 28.0 Å². The molecule has 0 fully saturated rings. The molecule has 0 atom stereocenters. The summed E-state index contributed by atoms with van der Waals surface area (Å²) in [5.74, 6) is 0.434. The second-order valence-corrected chi connectivity index (χ2v) is 6.49. The van der Waals surface area contributed by atoms with Crippen LogP contribution in [-0.4, -0.2) is 18.3 Å². The Labute approximate surface area is 129 Å². The summed E-state index contributed by atoms with van der Waals surface area (Å²) in [7, 11) is 0. The van der Waals surface area contributed by atoms with E-state index in [0.717, 1.165) is 12.8 Å². The van der Waals surface area contributed by atoms with E-state index >= 15 is 0 Å². The minimum atomic E-state index is -0.202. The van der Waals surface area contributed by atoms with E-state index in [9.17, 15) is 4.79 Å². The number of amides is 1. The van der Waals surface area contributed by atoms with Gasteiger partial charge in [0.2, 0.25) is 0 Å². The zero-order valence-corrected chi connectivity index (χ0v) is 13.4. The van der Waals surface area contributed by atoms with E-state index < -0.39 is 0 Å². The van der Waals surface area contributed by atoms with E-state index in [1.807, 2.05) is 0 Å². The molecule has 0 aromatic heterocycles. The fourth-order valence-corrected chi connectivity index (χ4v) is 2.23. The van der Waals surface area contributed by atoms with E-state index in [1.165, 1.54) is 0 Å². The molecule has 19 heavy (non-hydrogen) atoms. The summed E-state index contributed by atoms with van der Waals surface area (Å²) in [6.45, 7) is 4.77. The molecule has 0 aliphatic carbocycles. The molecule has 0 aliphatic rings. The number of alkyl halides is 1. The highest BCUT2D eigenvalue weighted by Gasteiger charge is 2.19. The molecule has 5 heteroatoms. The lowest BCUT2D eigenvalue weighted by atomic mass is 9.88. The van der Waals surface area contributed by atoms with Gasteiger partial charge in [-0.25, -0.2) is 0 Å². The summed E-state index contributed by atoms with van der Waals surface area (Å²) in [5, 5.41) is 3.79. The van der Waals surface area contributed by atoms with Gasteiger partial charge in [-0.05, 0) is 36.5 Å². The average Bonchev–Trinajstić information content (AvgIpc) is 2.36. The van der Waals surface area contributed by atoms with Crippen LogP contribution in [0.4, 0.5) is 0 Å². The summed E-state index contributed by atoms with van der Waals surface area (Å²) in [4.78, 5) is 12.1. The van der Waals surface area contributed by atoms with Gasteiger partial charge in [0.1, 0.15) is 0 Å². The Morgan fingerprint density at radius 3 is 2.63 bits per heavy atom. The molecule has 1 rings (SSSR count). The summed E-state index contributed by atoms with van der Waals surface area (Å²) in [6.07, 6.45) is 1.89. The number of benzene rings is 1. The Hall–Kier alpha value is -0.440. The molecule has 106 valence electrons. The average molecular weight is 323 g/mol. The maximum absolute atomic E-state index is 12.1. The quantitative estimate of drug-likeness (QED) is 0.751. The predicted molar refractivity (Wildman–Crippen MR) is 82.5 cm³/mol. The molecule has 1 amide bonds. The van der Waals surface area contributed by atoms with Crippen molar-refractivity contribution >= 4 is 40.7 Å². The minimum Gasteiger partial charge on any atom is -0.351 e. The van der Waals surface area contributed by atoms with Crippen LogP contribution in [0.1, 0.15) is 37.0 Å². The third-order valence-electron chi connectivity index (χ3n) is 2.89. The van der Waals surface area contributed by atoms with Crippen molar-refractivity contribution < 1.29 is 4.79 Å². The smallest absolute Gasteiger partial charge is 0.252 e. The van der Waals surface area contributed by atoms with Crippen molar-refractivity contribution in [3.05, 3.63) is 33.8 Å². The monoisotopic (exact) mass is 321 g/mol. The van der Waals surface area contributed by atoms with Crippen molar-refractivity contribution in [1.82, 2.24) is 5.32 Å². The number of rotatable bonds is 6. The highest BCUT2D eigenvalue weighted by atomic mass is 35.5. The third kappa shape index (κ3) is 5.60. The van der Waals surface area contributed by atoms with Crippen LogP contribution in [-0.2, 0) is 0 Å². The molecule has 0 aliphatic heterocycles. The summed E-state index contributed by atoms with van der Waals surface area (Å²) < 4.78 is 0. The van der Waals surface area contributed by atoms with Crippen molar-refractivity contribution in [2.24, 2.45) is 5.41 Å². The van der Waals surface area contributed by atoms with Crippen molar-refractivity contribution in [1.29, 1.82) is 0 Å². The number of hydrogen-bond acceptors (Lipinski definition) is 1. The Balaban J connectivity index is 2.62. The number of hydrogen-bond donors (Lipinski definition) is 1. The maximum Gasteiger partial charge on any atom is 0.252 e. The Kier molecular flexibility index (Phi) is 6.45. The van der Waals surface area contributed by atoms with Crippen molar-refractivity contribution in [3.63, 3.8) is 0 Å². The summed E-state index contributed by atoms with van der Waals surface area (Å²) in [5.41, 5.74) is 0.414. The van der Waals surface area contributed by atoms with Crippen LogP contribution in [0.5, 0.6) is 0 Å². The van der Waals surface area contributed by atoms with E-state index in [4.69, 9.17) is 34.8 Å². The largest absolute Gasteiger partial charge is 0.351 e.